The Morgan fingerprint density at radius 1 is 1.37 bits per heavy atom. The summed E-state index contributed by atoms with van der Waals surface area (Å²) < 4.78 is 10.8. The largest absolute Gasteiger partial charge is 0.496 e. The zero-order chi connectivity index (χ0) is 19.2. The van der Waals surface area contributed by atoms with Crippen molar-refractivity contribution in [1.29, 1.82) is 0 Å². The van der Waals surface area contributed by atoms with Crippen LogP contribution < -0.4 is 16.2 Å². The highest BCUT2D eigenvalue weighted by Crippen LogP contribution is 2.30. The Bertz CT molecular complexity index is 982. The number of nitrogens with two attached hydrogens (primary N) is 2. The molecule has 1 aromatic carbocycles. The van der Waals surface area contributed by atoms with Crippen molar-refractivity contribution in [2.24, 2.45) is 15.9 Å². The number of methoxy groups -OCH3 is 1. The maximum absolute atomic E-state index is 5.75. The summed E-state index contributed by atoms with van der Waals surface area (Å²) >= 11 is 3.15. The highest BCUT2D eigenvalue weighted by molar-refractivity contribution is 8.00. The molecule has 12 heteroatoms. The molecule has 2 aromatic heterocycles. The van der Waals surface area contributed by atoms with Crippen LogP contribution in [0.5, 0.6) is 5.75 Å². The van der Waals surface area contributed by atoms with Crippen molar-refractivity contribution in [3.05, 3.63) is 40.0 Å². The van der Waals surface area contributed by atoms with E-state index in [0.29, 0.717) is 5.75 Å². The highest BCUT2D eigenvalue weighted by Gasteiger charge is 2.10. The van der Waals surface area contributed by atoms with Gasteiger partial charge in [-0.1, -0.05) is 23.1 Å². The second-order valence-corrected chi connectivity index (χ2v) is 7.58. The molecule has 4 N–H and O–H groups in total. The molecule has 0 saturated heterocycles. The Kier molecular flexibility index (Phi) is 5.98. The lowest BCUT2D eigenvalue weighted by Crippen LogP contribution is -2.15. The summed E-state index contributed by atoms with van der Waals surface area (Å²) in [6, 6.07) is 5.69. The zero-order valence-electron chi connectivity index (χ0n) is 14.5. The van der Waals surface area contributed by atoms with Crippen molar-refractivity contribution in [2.75, 3.05) is 12.8 Å². The third-order valence-electron chi connectivity index (χ3n) is 3.29. The van der Waals surface area contributed by atoms with Crippen LogP contribution in [0, 0.1) is 6.92 Å². The van der Waals surface area contributed by atoms with Gasteiger partial charge >= 0.3 is 0 Å². The van der Waals surface area contributed by atoms with E-state index in [1.165, 1.54) is 0 Å². The number of nitrogen functional groups attached to an aromatic ring is 1. The van der Waals surface area contributed by atoms with Crippen LogP contribution in [0.1, 0.15) is 21.8 Å². The molecule has 0 amide bonds. The fraction of sp³-hybridized carbons (Fsp3) is 0.200. The molecule has 0 radical (unpaired) electrons. The maximum atomic E-state index is 5.75. The van der Waals surface area contributed by atoms with E-state index >= 15 is 0 Å². The molecular formula is C15H16N8O2S2. The molecule has 0 unspecified atom stereocenters. The monoisotopic (exact) mass is 404 g/mol. The van der Waals surface area contributed by atoms with E-state index in [1.54, 1.807) is 36.4 Å². The molecule has 0 saturated carbocycles. The molecule has 0 aliphatic carbocycles. The van der Waals surface area contributed by atoms with E-state index in [4.69, 9.17) is 16.2 Å². The quantitative estimate of drug-likeness (QED) is 0.260. The molecule has 3 rings (SSSR count). The van der Waals surface area contributed by atoms with Gasteiger partial charge in [-0.3, -0.25) is 0 Å². The number of ether oxygens (including phenoxy) is 1. The van der Waals surface area contributed by atoms with Crippen molar-refractivity contribution in [2.45, 2.75) is 17.0 Å². The van der Waals surface area contributed by atoms with E-state index in [2.05, 4.69) is 35.3 Å². The van der Waals surface area contributed by atoms with Crippen molar-refractivity contribution in [3.8, 4) is 5.75 Å². The van der Waals surface area contributed by atoms with E-state index in [0.717, 1.165) is 26.2 Å². The van der Waals surface area contributed by atoms with Crippen LogP contribution in [0.25, 0.3) is 0 Å². The number of hydrogen-bond donors (Lipinski definition) is 2. The van der Waals surface area contributed by atoms with Crippen LogP contribution in [0.4, 0.5) is 5.82 Å². The first-order valence-corrected chi connectivity index (χ1v) is 9.41. The summed E-state index contributed by atoms with van der Waals surface area (Å²) in [5.74, 6) is 1.54. The van der Waals surface area contributed by atoms with Crippen LogP contribution >= 0.6 is 23.1 Å². The van der Waals surface area contributed by atoms with Crippen LogP contribution in [0.2, 0.25) is 0 Å². The lowest BCUT2D eigenvalue weighted by Gasteiger charge is -2.08. The molecule has 0 atom stereocenters. The third-order valence-corrected chi connectivity index (χ3v) is 5.31. The molecule has 0 aliphatic rings. The second-order valence-electron chi connectivity index (χ2n) is 5.17. The molecule has 27 heavy (non-hydrogen) atoms. The first-order valence-electron chi connectivity index (χ1n) is 7.61. The first-order chi connectivity index (χ1) is 13.1. The van der Waals surface area contributed by atoms with E-state index in [9.17, 15) is 0 Å². The molecule has 0 bridgehead atoms. The van der Waals surface area contributed by atoms with Crippen LogP contribution in [0.15, 0.2) is 37.4 Å². The predicted octanol–water partition coefficient (Wildman–Crippen LogP) is 1.85. The van der Waals surface area contributed by atoms with Crippen LogP contribution in [-0.4, -0.2) is 39.7 Å². The van der Waals surface area contributed by atoms with E-state index in [-0.39, 0.29) is 17.3 Å². The number of aryl methyl sites for hydroxylation is 1. The molecule has 0 spiro atoms. The Morgan fingerprint density at radius 2 is 2.22 bits per heavy atom. The summed E-state index contributed by atoms with van der Waals surface area (Å²) in [6.45, 7) is 1.92. The number of nitrogens with zero attached hydrogens (tertiary/aromatic N) is 6. The molecule has 0 aliphatic heterocycles. The number of anilines is 1. The molecular weight excluding hydrogens is 388 g/mol. The van der Waals surface area contributed by atoms with Gasteiger partial charge in [0.2, 0.25) is 0 Å². The Labute approximate surface area is 162 Å². The summed E-state index contributed by atoms with van der Waals surface area (Å²) in [6.07, 6.45) is 1.57. The SMILES string of the molecule is COc1ccc(/C=N/N=C(\N)c2nonc2N)cc1CSc1nnc(C)s1. The van der Waals surface area contributed by atoms with Crippen molar-refractivity contribution in [3.63, 3.8) is 0 Å². The van der Waals surface area contributed by atoms with Gasteiger partial charge in [0.25, 0.3) is 0 Å². The predicted molar refractivity (Wildman–Crippen MR) is 104 cm³/mol. The fourth-order valence-electron chi connectivity index (χ4n) is 2.05. The molecule has 140 valence electrons. The Hall–Kier alpha value is -2.99. The second kappa shape index (κ2) is 8.60. The minimum absolute atomic E-state index is 0.0148. The maximum Gasteiger partial charge on any atom is 0.199 e. The van der Waals surface area contributed by atoms with Gasteiger partial charge in [0.05, 0.1) is 13.3 Å². The average Bonchev–Trinajstić information content (AvgIpc) is 3.28. The van der Waals surface area contributed by atoms with Gasteiger partial charge in [-0.15, -0.1) is 15.3 Å². The van der Waals surface area contributed by atoms with Crippen molar-refractivity contribution < 1.29 is 9.37 Å². The highest BCUT2D eigenvalue weighted by atomic mass is 32.2. The lowest BCUT2D eigenvalue weighted by molar-refractivity contribution is 0.308. The van der Waals surface area contributed by atoms with Gasteiger partial charge in [0.15, 0.2) is 21.7 Å². The minimum atomic E-state index is 0.0148. The number of hydrogen-bond acceptors (Lipinski definition) is 11. The fourth-order valence-corrected chi connectivity index (χ4v) is 3.84. The summed E-state index contributed by atoms with van der Waals surface area (Å²) in [4.78, 5) is 0. The van der Waals surface area contributed by atoms with Gasteiger partial charge in [-0.2, -0.15) is 5.10 Å². The van der Waals surface area contributed by atoms with Crippen LogP contribution in [-0.2, 0) is 5.75 Å². The van der Waals surface area contributed by atoms with Crippen molar-refractivity contribution >= 4 is 41.0 Å². The summed E-state index contributed by atoms with van der Waals surface area (Å²) in [7, 11) is 1.63. The summed E-state index contributed by atoms with van der Waals surface area (Å²) in [5, 5.41) is 23.9. The third kappa shape index (κ3) is 4.80. The Balaban J connectivity index is 1.73. The first kappa shape index (κ1) is 18.8. The smallest absolute Gasteiger partial charge is 0.199 e. The van der Waals surface area contributed by atoms with Crippen LogP contribution in [0.3, 0.4) is 0 Å². The van der Waals surface area contributed by atoms with Gasteiger partial charge in [-0.05, 0) is 41.0 Å². The zero-order valence-corrected chi connectivity index (χ0v) is 16.1. The molecule has 3 aromatic rings. The lowest BCUT2D eigenvalue weighted by atomic mass is 10.1. The van der Waals surface area contributed by atoms with Gasteiger partial charge in [0, 0.05) is 11.3 Å². The van der Waals surface area contributed by atoms with Gasteiger partial charge in [-0.25, -0.2) is 4.63 Å². The van der Waals surface area contributed by atoms with Gasteiger partial charge in [0.1, 0.15) is 10.8 Å². The standard InChI is InChI=1S/C15H16N8O2S2/c1-8-19-21-15(27-8)26-7-10-5-9(3-4-11(10)24-2)6-18-20-13(16)12-14(17)23-25-22-12/h3-6H,7H2,1-2H3,(H2,16,20)(H2,17,23)/b18-6+. The molecule has 2 heterocycles. The van der Waals surface area contributed by atoms with Gasteiger partial charge < -0.3 is 16.2 Å². The topological polar surface area (TPSA) is 151 Å². The number of rotatable bonds is 7. The van der Waals surface area contributed by atoms with Crippen molar-refractivity contribution in [1.82, 2.24) is 20.5 Å². The van der Waals surface area contributed by atoms with E-state index in [1.807, 2.05) is 25.1 Å². The normalized spacial score (nSPS) is 12.0. The summed E-state index contributed by atoms with van der Waals surface area (Å²) in [5.41, 5.74) is 13.3. The average molecular weight is 404 g/mol. The van der Waals surface area contributed by atoms with E-state index < -0.39 is 0 Å². The number of amidine groups is 1. The number of thioether (sulfide) groups is 1. The Morgan fingerprint density at radius 3 is 2.89 bits per heavy atom. The minimum Gasteiger partial charge on any atom is -0.496 e. The number of benzene rings is 1. The molecule has 0 fully saturated rings. The molecule has 10 nitrogen and oxygen atoms in total. The number of aromatic nitrogens is 4.